The minimum absolute atomic E-state index is 0.151. The van der Waals surface area contributed by atoms with Gasteiger partial charge in [0.1, 0.15) is 5.75 Å². The molecule has 0 saturated carbocycles. The lowest BCUT2D eigenvalue weighted by Gasteiger charge is -2.08. The molecule has 3 nitrogen and oxygen atoms in total. The van der Waals surface area contributed by atoms with E-state index in [-0.39, 0.29) is 11.7 Å². The second kappa shape index (κ2) is 5.79. The third kappa shape index (κ3) is 3.39. The smallest absolute Gasteiger partial charge is 0.256 e. The highest BCUT2D eigenvalue weighted by molar-refractivity contribution is 14.1. The van der Waals surface area contributed by atoms with Crippen LogP contribution in [0.15, 0.2) is 36.4 Å². The van der Waals surface area contributed by atoms with E-state index in [0.29, 0.717) is 16.3 Å². The van der Waals surface area contributed by atoms with E-state index in [1.54, 1.807) is 37.3 Å². The van der Waals surface area contributed by atoms with Crippen molar-refractivity contribution in [2.75, 3.05) is 5.32 Å². The Morgan fingerprint density at radius 2 is 2.00 bits per heavy atom. The molecule has 2 rings (SSSR count). The zero-order chi connectivity index (χ0) is 14.0. The van der Waals surface area contributed by atoms with Crippen LogP contribution in [0.3, 0.4) is 0 Å². The molecule has 0 saturated heterocycles. The Bertz CT molecular complexity index is 643. The van der Waals surface area contributed by atoms with Crippen molar-refractivity contribution in [3.8, 4) is 5.75 Å². The van der Waals surface area contributed by atoms with Crippen molar-refractivity contribution in [3.05, 3.63) is 56.1 Å². The van der Waals surface area contributed by atoms with Crippen LogP contribution in [-0.4, -0.2) is 11.0 Å². The van der Waals surface area contributed by atoms with Gasteiger partial charge in [-0.05, 0) is 59.3 Å². The first-order chi connectivity index (χ1) is 8.97. The zero-order valence-corrected chi connectivity index (χ0v) is 13.0. The highest BCUT2D eigenvalue weighted by atomic mass is 127. The molecule has 0 aliphatic carbocycles. The molecule has 5 heteroatoms. The number of rotatable bonds is 2. The molecule has 0 aliphatic rings. The number of benzene rings is 2. The van der Waals surface area contributed by atoms with E-state index in [1.165, 1.54) is 6.07 Å². The Kier molecular flexibility index (Phi) is 4.31. The van der Waals surface area contributed by atoms with Gasteiger partial charge in [0.05, 0.1) is 5.56 Å². The predicted molar refractivity (Wildman–Crippen MR) is 85.0 cm³/mol. The van der Waals surface area contributed by atoms with E-state index in [1.807, 2.05) is 0 Å². The lowest BCUT2D eigenvalue weighted by atomic mass is 10.2. The second-order valence-electron chi connectivity index (χ2n) is 4.08. The number of amides is 1. The van der Waals surface area contributed by atoms with Gasteiger partial charge in [-0.15, -0.1) is 0 Å². The van der Waals surface area contributed by atoms with Gasteiger partial charge in [0.2, 0.25) is 0 Å². The molecule has 2 N–H and O–H groups in total. The first-order valence-corrected chi connectivity index (χ1v) is 6.99. The van der Waals surface area contributed by atoms with E-state index in [0.717, 1.165) is 9.13 Å². The van der Waals surface area contributed by atoms with E-state index >= 15 is 0 Å². The number of nitrogens with one attached hydrogen (secondary N) is 1. The lowest BCUT2D eigenvalue weighted by Crippen LogP contribution is -2.13. The van der Waals surface area contributed by atoms with Gasteiger partial charge < -0.3 is 10.4 Å². The summed E-state index contributed by atoms with van der Waals surface area (Å²) < 4.78 is 0.816. The Morgan fingerprint density at radius 3 is 2.68 bits per heavy atom. The highest BCUT2D eigenvalue weighted by Crippen LogP contribution is 2.23. The number of phenols is 1. The number of halogens is 2. The van der Waals surface area contributed by atoms with Crippen LogP contribution in [0.2, 0.25) is 5.02 Å². The first-order valence-electron chi connectivity index (χ1n) is 5.53. The summed E-state index contributed by atoms with van der Waals surface area (Å²) in [5.74, 6) is -0.103. The molecule has 1 amide bonds. The molecule has 2 aromatic carbocycles. The Morgan fingerprint density at radius 1 is 1.26 bits per heavy atom. The molecule has 0 heterocycles. The number of anilines is 1. The maximum atomic E-state index is 12.1. The van der Waals surface area contributed by atoms with Gasteiger partial charge in [0, 0.05) is 20.3 Å². The number of hydrogen-bond donors (Lipinski definition) is 2. The summed E-state index contributed by atoms with van der Waals surface area (Å²) in [5, 5.41) is 12.9. The van der Waals surface area contributed by atoms with Gasteiger partial charge in [0.25, 0.3) is 5.91 Å². The normalized spacial score (nSPS) is 10.3. The quantitative estimate of drug-likeness (QED) is 0.758. The van der Waals surface area contributed by atoms with Crippen LogP contribution < -0.4 is 5.32 Å². The monoisotopic (exact) mass is 387 g/mol. The molecule has 19 heavy (non-hydrogen) atoms. The third-order valence-electron chi connectivity index (χ3n) is 2.64. The first kappa shape index (κ1) is 14.1. The number of hydrogen-bond acceptors (Lipinski definition) is 2. The van der Waals surface area contributed by atoms with E-state index < -0.39 is 0 Å². The van der Waals surface area contributed by atoms with Crippen LogP contribution in [0.25, 0.3) is 0 Å². The SMILES string of the molecule is Cc1ccc(NC(=O)c2cc(Cl)ccc2I)cc1O. The van der Waals surface area contributed by atoms with Gasteiger partial charge >= 0.3 is 0 Å². The van der Waals surface area contributed by atoms with Gasteiger partial charge in [0.15, 0.2) is 0 Å². The zero-order valence-electron chi connectivity index (χ0n) is 10.1. The number of carbonyl (C=O) groups is 1. The summed E-state index contributed by atoms with van der Waals surface area (Å²) in [4.78, 5) is 12.1. The van der Waals surface area contributed by atoms with Gasteiger partial charge in [-0.1, -0.05) is 17.7 Å². The number of phenolic OH excluding ortho intramolecular Hbond substituents is 1. The van der Waals surface area contributed by atoms with Crippen molar-refractivity contribution < 1.29 is 9.90 Å². The van der Waals surface area contributed by atoms with E-state index in [9.17, 15) is 9.90 Å². The van der Waals surface area contributed by atoms with Crippen LogP contribution in [0.4, 0.5) is 5.69 Å². The standard InChI is InChI=1S/C14H11ClINO2/c1-8-2-4-10(7-13(8)18)17-14(19)11-6-9(15)3-5-12(11)16/h2-7,18H,1H3,(H,17,19). The fraction of sp³-hybridized carbons (Fsp3) is 0.0714. The minimum atomic E-state index is -0.254. The summed E-state index contributed by atoms with van der Waals surface area (Å²) in [5.41, 5.74) is 1.81. The van der Waals surface area contributed by atoms with Gasteiger partial charge in [-0.25, -0.2) is 0 Å². The molecule has 2 aromatic rings. The highest BCUT2D eigenvalue weighted by Gasteiger charge is 2.11. The summed E-state index contributed by atoms with van der Waals surface area (Å²) in [7, 11) is 0. The summed E-state index contributed by atoms with van der Waals surface area (Å²) >= 11 is 7.96. The molecule has 0 unspecified atom stereocenters. The molecule has 0 atom stereocenters. The average molecular weight is 388 g/mol. The molecule has 0 aliphatic heterocycles. The van der Waals surface area contributed by atoms with E-state index in [2.05, 4.69) is 27.9 Å². The Balaban J connectivity index is 2.25. The van der Waals surface area contributed by atoms with Crippen LogP contribution in [-0.2, 0) is 0 Å². The molecule has 0 bridgehead atoms. The Hall–Kier alpha value is -1.27. The maximum Gasteiger partial charge on any atom is 0.256 e. The molecular weight excluding hydrogens is 377 g/mol. The maximum absolute atomic E-state index is 12.1. The van der Waals surface area contributed by atoms with Crippen LogP contribution in [0.1, 0.15) is 15.9 Å². The summed E-state index contributed by atoms with van der Waals surface area (Å²) in [6.07, 6.45) is 0. The molecule has 98 valence electrons. The average Bonchev–Trinajstić information content (AvgIpc) is 2.36. The molecule has 0 fully saturated rings. The number of carbonyl (C=O) groups excluding carboxylic acids is 1. The Labute approximate surface area is 129 Å². The lowest BCUT2D eigenvalue weighted by molar-refractivity contribution is 0.102. The molecule has 0 radical (unpaired) electrons. The van der Waals surface area contributed by atoms with Crippen LogP contribution >= 0.6 is 34.2 Å². The van der Waals surface area contributed by atoms with Gasteiger partial charge in [-0.2, -0.15) is 0 Å². The van der Waals surface area contributed by atoms with Crippen LogP contribution in [0, 0.1) is 10.5 Å². The van der Waals surface area contributed by atoms with Crippen molar-refractivity contribution in [2.24, 2.45) is 0 Å². The van der Waals surface area contributed by atoms with Crippen molar-refractivity contribution in [2.45, 2.75) is 6.92 Å². The minimum Gasteiger partial charge on any atom is -0.508 e. The fourth-order valence-corrected chi connectivity index (χ4v) is 2.31. The predicted octanol–water partition coefficient (Wildman–Crippen LogP) is 4.21. The van der Waals surface area contributed by atoms with Gasteiger partial charge in [-0.3, -0.25) is 4.79 Å². The summed E-state index contributed by atoms with van der Waals surface area (Å²) in [6, 6.07) is 10.1. The van der Waals surface area contributed by atoms with Crippen LogP contribution in [0.5, 0.6) is 5.75 Å². The summed E-state index contributed by atoms with van der Waals surface area (Å²) in [6.45, 7) is 1.79. The van der Waals surface area contributed by atoms with Crippen molar-refractivity contribution in [3.63, 3.8) is 0 Å². The topological polar surface area (TPSA) is 49.3 Å². The van der Waals surface area contributed by atoms with Crippen molar-refractivity contribution >= 4 is 45.8 Å². The molecule has 0 spiro atoms. The number of aryl methyl sites for hydroxylation is 1. The second-order valence-corrected chi connectivity index (χ2v) is 5.68. The third-order valence-corrected chi connectivity index (χ3v) is 3.82. The van der Waals surface area contributed by atoms with Crippen molar-refractivity contribution in [1.82, 2.24) is 0 Å². The molecular formula is C14H11ClINO2. The largest absolute Gasteiger partial charge is 0.508 e. The fourth-order valence-electron chi connectivity index (χ4n) is 1.56. The van der Waals surface area contributed by atoms with Crippen molar-refractivity contribution in [1.29, 1.82) is 0 Å². The number of aromatic hydroxyl groups is 1. The van der Waals surface area contributed by atoms with E-state index in [4.69, 9.17) is 11.6 Å². The molecule has 0 aromatic heterocycles.